The zero-order valence-corrected chi connectivity index (χ0v) is 23.2. The van der Waals surface area contributed by atoms with Crippen LogP contribution in [-0.2, 0) is 19.1 Å². The molecule has 0 fully saturated rings. The Bertz CT molecular complexity index is 1190. The van der Waals surface area contributed by atoms with E-state index < -0.39 is 24.1 Å². The Hall–Kier alpha value is -4.72. The zero-order chi connectivity index (χ0) is 29.1. The maximum atomic E-state index is 11.6. The van der Waals surface area contributed by atoms with Gasteiger partial charge in [0.05, 0.1) is 0 Å². The van der Waals surface area contributed by atoms with Crippen molar-refractivity contribution in [3.8, 4) is 34.5 Å². The van der Waals surface area contributed by atoms with Crippen molar-refractivity contribution in [3.63, 3.8) is 0 Å². The average Bonchev–Trinajstić information content (AvgIpc) is 2.93. The fraction of sp³-hybridized carbons (Fsp3) is 0.250. The molecule has 8 nitrogen and oxygen atoms in total. The van der Waals surface area contributed by atoms with Crippen molar-refractivity contribution < 1.29 is 38.0 Å². The third-order valence-corrected chi connectivity index (χ3v) is 5.23. The molecule has 3 rings (SSSR count). The molecule has 40 heavy (non-hydrogen) atoms. The van der Waals surface area contributed by atoms with Crippen molar-refractivity contribution in [1.29, 1.82) is 0 Å². The van der Waals surface area contributed by atoms with Gasteiger partial charge < -0.3 is 28.4 Å². The SMILES string of the molecule is C=C(C)C(=O)OC(C)COc1ccc(Oc2ccc(Oc3ccc(OCC(C)OC(=O)C(=C)C)cc3)cc2)cc1. The highest BCUT2D eigenvalue weighted by Crippen LogP contribution is 2.28. The second-order valence-electron chi connectivity index (χ2n) is 9.23. The predicted octanol–water partition coefficient (Wildman–Crippen LogP) is 7.04. The molecular formula is C32H34O8. The van der Waals surface area contributed by atoms with Gasteiger partial charge in [0.15, 0.2) is 0 Å². The summed E-state index contributed by atoms with van der Waals surface area (Å²) in [6, 6.07) is 21.5. The van der Waals surface area contributed by atoms with Crippen LogP contribution in [0.25, 0.3) is 0 Å². The van der Waals surface area contributed by atoms with Crippen molar-refractivity contribution in [2.75, 3.05) is 13.2 Å². The fourth-order valence-corrected chi connectivity index (χ4v) is 3.12. The maximum absolute atomic E-state index is 11.6. The Morgan fingerprint density at radius 3 is 1.05 bits per heavy atom. The second-order valence-corrected chi connectivity index (χ2v) is 9.23. The van der Waals surface area contributed by atoms with E-state index in [1.165, 1.54) is 0 Å². The highest BCUT2D eigenvalue weighted by Gasteiger charge is 2.12. The van der Waals surface area contributed by atoms with Gasteiger partial charge in [0.25, 0.3) is 0 Å². The minimum absolute atomic E-state index is 0.225. The Morgan fingerprint density at radius 2 is 0.800 bits per heavy atom. The van der Waals surface area contributed by atoms with Crippen molar-refractivity contribution in [2.45, 2.75) is 39.9 Å². The summed E-state index contributed by atoms with van der Waals surface area (Å²) in [5, 5.41) is 0. The summed E-state index contributed by atoms with van der Waals surface area (Å²) in [4.78, 5) is 23.1. The minimum Gasteiger partial charge on any atom is -0.490 e. The van der Waals surface area contributed by atoms with Gasteiger partial charge >= 0.3 is 11.9 Å². The smallest absolute Gasteiger partial charge is 0.333 e. The average molecular weight is 547 g/mol. The molecule has 0 heterocycles. The van der Waals surface area contributed by atoms with Crippen LogP contribution in [0.5, 0.6) is 34.5 Å². The number of benzene rings is 3. The lowest BCUT2D eigenvalue weighted by Gasteiger charge is -2.15. The first-order valence-electron chi connectivity index (χ1n) is 12.7. The van der Waals surface area contributed by atoms with E-state index in [1.807, 2.05) is 24.3 Å². The lowest BCUT2D eigenvalue weighted by Crippen LogP contribution is -2.22. The molecular weight excluding hydrogens is 512 g/mol. The molecule has 3 aromatic rings. The van der Waals surface area contributed by atoms with Crippen molar-refractivity contribution in [3.05, 3.63) is 97.1 Å². The maximum Gasteiger partial charge on any atom is 0.333 e. The normalized spacial score (nSPS) is 11.9. The largest absolute Gasteiger partial charge is 0.490 e. The first-order chi connectivity index (χ1) is 19.1. The summed E-state index contributed by atoms with van der Waals surface area (Å²) < 4.78 is 33.5. The van der Waals surface area contributed by atoms with Crippen LogP contribution in [0.1, 0.15) is 27.7 Å². The molecule has 8 heteroatoms. The third-order valence-electron chi connectivity index (χ3n) is 5.23. The summed E-state index contributed by atoms with van der Waals surface area (Å²) in [6.07, 6.45) is -0.804. The molecule has 210 valence electrons. The molecule has 0 aliphatic rings. The van der Waals surface area contributed by atoms with Crippen LogP contribution in [-0.4, -0.2) is 37.4 Å². The third kappa shape index (κ3) is 9.87. The van der Waals surface area contributed by atoms with Gasteiger partial charge in [0.2, 0.25) is 0 Å². The lowest BCUT2D eigenvalue weighted by molar-refractivity contribution is -0.145. The second kappa shape index (κ2) is 14.4. The number of carbonyl (C=O) groups excluding carboxylic acids is 2. The summed E-state index contributed by atoms with van der Waals surface area (Å²) in [6.45, 7) is 14.3. The molecule has 0 saturated carbocycles. The van der Waals surface area contributed by atoms with E-state index >= 15 is 0 Å². The Kier molecular flexibility index (Phi) is 10.8. The van der Waals surface area contributed by atoms with Crippen LogP contribution in [0.15, 0.2) is 97.1 Å². The summed E-state index contributed by atoms with van der Waals surface area (Å²) >= 11 is 0. The monoisotopic (exact) mass is 546 g/mol. The predicted molar refractivity (Wildman–Crippen MR) is 151 cm³/mol. The quantitative estimate of drug-likeness (QED) is 0.157. The molecule has 0 aromatic heterocycles. The molecule has 3 aromatic carbocycles. The van der Waals surface area contributed by atoms with E-state index in [4.69, 9.17) is 28.4 Å². The topological polar surface area (TPSA) is 89.5 Å². The number of carbonyl (C=O) groups is 2. The summed E-state index contributed by atoms with van der Waals surface area (Å²) in [5.41, 5.74) is 0.695. The first-order valence-corrected chi connectivity index (χ1v) is 12.7. The van der Waals surface area contributed by atoms with E-state index in [0.717, 1.165) is 0 Å². The Labute approximate surface area is 234 Å². The van der Waals surface area contributed by atoms with Crippen molar-refractivity contribution in [2.24, 2.45) is 0 Å². The molecule has 2 atom stereocenters. The van der Waals surface area contributed by atoms with Crippen LogP contribution in [0, 0.1) is 0 Å². The molecule has 2 unspecified atom stereocenters. The van der Waals surface area contributed by atoms with Crippen molar-refractivity contribution in [1.82, 2.24) is 0 Å². The molecule has 0 saturated heterocycles. The van der Waals surface area contributed by atoms with Crippen LogP contribution < -0.4 is 18.9 Å². The molecule has 0 aliphatic carbocycles. The Morgan fingerprint density at radius 1 is 0.550 bits per heavy atom. The molecule has 0 amide bonds. The molecule has 0 spiro atoms. The summed E-state index contributed by atoms with van der Waals surface area (Å²) in [5.74, 6) is 2.96. The van der Waals surface area contributed by atoms with E-state index in [2.05, 4.69) is 13.2 Å². The molecule has 0 bridgehead atoms. The lowest BCUT2D eigenvalue weighted by atomic mass is 10.3. The van der Waals surface area contributed by atoms with Crippen LogP contribution >= 0.6 is 0 Å². The van der Waals surface area contributed by atoms with Gasteiger partial charge in [0.1, 0.15) is 59.9 Å². The highest BCUT2D eigenvalue weighted by atomic mass is 16.6. The van der Waals surface area contributed by atoms with E-state index in [-0.39, 0.29) is 13.2 Å². The molecule has 0 N–H and O–H groups in total. The van der Waals surface area contributed by atoms with E-state index in [1.54, 1.807) is 76.2 Å². The van der Waals surface area contributed by atoms with Gasteiger partial charge in [-0.25, -0.2) is 9.59 Å². The van der Waals surface area contributed by atoms with Gasteiger partial charge in [-0.15, -0.1) is 0 Å². The Balaban J connectivity index is 1.44. The van der Waals surface area contributed by atoms with Gasteiger partial charge in [-0.3, -0.25) is 0 Å². The van der Waals surface area contributed by atoms with Crippen LogP contribution in [0.4, 0.5) is 0 Å². The van der Waals surface area contributed by atoms with Gasteiger partial charge in [-0.2, -0.15) is 0 Å². The molecule has 0 aliphatic heterocycles. The van der Waals surface area contributed by atoms with Crippen LogP contribution in [0.3, 0.4) is 0 Å². The van der Waals surface area contributed by atoms with Crippen LogP contribution in [0.2, 0.25) is 0 Å². The van der Waals surface area contributed by atoms with Gasteiger partial charge in [-0.05, 0) is 100 Å². The number of ether oxygens (including phenoxy) is 6. The first kappa shape index (κ1) is 29.8. The fourth-order valence-electron chi connectivity index (χ4n) is 3.12. The highest BCUT2D eigenvalue weighted by molar-refractivity contribution is 5.87. The number of esters is 2. The van der Waals surface area contributed by atoms with Gasteiger partial charge in [-0.1, -0.05) is 13.2 Å². The number of hydrogen-bond acceptors (Lipinski definition) is 8. The van der Waals surface area contributed by atoms with E-state index in [9.17, 15) is 9.59 Å². The number of rotatable bonds is 14. The zero-order valence-electron chi connectivity index (χ0n) is 23.2. The summed E-state index contributed by atoms with van der Waals surface area (Å²) in [7, 11) is 0. The van der Waals surface area contributed by atoms with Gasteiger partial charge in [0, 0.05) is 11.1 Å². The van der Waals surface area contributed by atoms with E-state index in [0.29, 0.717) is 45.6 Å². The number of hydrogen-bond donors (Lipinski definition) is 0. The minimum atomic E-state index is -0.439. The molecule has 0 radical (unpaired) electrons. The standard InChI is InChI=1S/C32H34O8/c1-21(2)31(33)37-23(5)19-35-25-7-11-27(12-8-25)39-29-15-17-30(18-16-29)40-28-13-9-26(10-14-28)36-20-24(6)38-32(34)22(3)4/h7-18,23-24H,1,3,19-20H2,2,4-6H3. The van der Waals surface area contributed by atoms with Crippen molar-refractivity contribution >= 4 is 11.9 Å².